The number of carbonyl (C=O) groups is 1. The lowest BCUT2D eigenvalue weighted by Gasteiger charge is -2.16. The van der Waals surface area contributed by atoms with Crippen molar-refractivity contribution in [2.75, 3.05) is 11.4 Å². The van der Waals surface area contributed by atoms with Crippen molar-refractivity contribution in [2.24, 2.45) is 0 Å². The number of anilines is 1. The molecule has 0 unspecified atom stereocenters. The van der Waals surface area contributed by atoms with Crippen LogP contribution in [0, 0.1) is 6.92 Å². The average molecular weight is 278 g/mol. The van der Waals surface area contributed by atoms with Gasteiger partial charge in [0.2, 0.25) is 11.8 Å². The van der Waals surface area contributed by atoms with Gasteiger partial charge in [0.25, 0.3) is 0 Å². The molecular formula is C13H12ClN3O2. The van der Waals surface area contributed by atoms with E-state index in [-0.39, 0.29) is 11.8 Å². The number of aryl methyl sites for hydroxylation is 1. The SMILES string of the molecule is Cc1noc([C@H]2CC(=O)N(c3cccc(Cl)c3)C2)n1. The molecule has 1 aromatic carbocycles. The number of hydrogen-bond donors (Lipinski definition) is 0. The highest BCUT2D eigenvalue weighted by molar-refractivity contribution is 6.30. The molecule has 1 aliphatic rings. The van der Waals surface area contributed by atoms with Gasteiger partial charge in [-0.05, 0) is 25.1 Å². The summed E-state index contributed by atoms with van der Waals surface area (Å²) in [5.74, 6) is 1.11. The second-order valence-electron chi connectivity index (χ2n) is 4.57. The quantitative estimate of drug-likeness (QED) is 0.846. The van der Waals surface area contributed by atoms with Crippen molar-refractivity contribution >= 4 is 23.2 Å². The molecule has 6 heteroatoms. The summed E-state index contributed by atoms with van der Waals surface area (Å²) in [6.07, 6.45) is 0.383. The van der Waals surface area contributed by atoms with Crippen LogP contribution in [0.2, 0.25) is 5.02 Å². The minimum absolute atomic E-state index is 0.0446. The number of amides is 1. The lowest BCUT2D eigenvalue weighted by molar-refractivity contribution is -0.117. The van der Waals surface area contributed by atoms with E-state index in [1.165, 1.54) is 0 Å². The Kier molecular flexibility index (Phi) is 2.98. The summed E-state index contributed by atoms with van der Waals surface area (Å²) in [5, 5.41) is 4.37. The maximum absolute atomic E-state index is 12.1. The largest absolute Gasteiger partial charge is 0.339 e. The van der Waals surface area contributed by atoms with Crippen LogP contribution in [0.3, 0.4) is 0 Å². The molecule has 98 valence electrons. The van der Waals surface area contributed by atoms with Crippen molar-refractivity contribution in [2.45, 2.75) is 19.3 Å². The van der Waals surface area contributed by atoms with Gasteiger partial charge in [0.1, 0.15) is 0 Å². The van der Waals surface area contributed by atoms with E-state index in [1.54, 1.807) is 24.0 Å². The number of aromatic nitrogens is 2. The fourth-order valence-corrected chi connectivity index (χ4v) is 2.43. The molecular weight excluding hydrogens is 266 g/mol. The van der Waals surface area contributed by atoms with Gasteiger partial charge in [0.05, 0.1) is 5.92 Å². The first kappa shape index (κ1) is 12.2. The maximum Gasteiger partial charge on any atom is 0.232 e. The lowest BCUT2D eigenvalue weighted by atomic mass is 10.1. The van der Waals surface area contributed by atoms with E-state index in [0.29, 0.717) is 29.7 Å². The smallest absolute Gasteiger partial charge is 0.232 e. The molecule has 0 radical (unpaired) electrons. The molecule has 2 aromatic rings. The van der Waals surface area contributed by atoms with Gasteiger partial charge in [0, 0.05) is 23.7 Å². The van der Waals surface area contributed by atoms with Gasteiger partial charge in [0.15, 0.2) is 5.82 Å². The normalized spacial score (nSPS) is 19.2. The Labute approximate surface area is 115 Å². The molecule has 1 atom stereocenters. The van der Waals surface area contributed by atoms with E-state index in [2.05, 4.69) is 10.1 Å². The van der Waals surface area contributed by atoms with E-state index in [1.807, 2.05) is 12.1 Å². The summed E-state index contributed by atoms with van der Waals surface area (Å²) in [6, 6.07) is 7.26. The van der Waals surface area contributed by atoms with Crippen molar-refractivity contribution < 1.29 is 9.32 Å². The third-order valence-corrected chi connectivity index (χ3v) is 3.37. The number of rotatable bonds is 2. The van der Waals surface area contributed by atoms with Crippen LogP contribution < -0.4 is 4.90 Å². The van der Waals surface area contributed by atoms with E-state index in [9.17, 15) is 4.79 Å². The number of benzene rings is 1. The number of halogens is 1. The average Bonchev–Trinajstić information content (AvgIpc) is 2.95. The van der Waals surface area contributed by atoms with Crippen molar-refractivity contribution in [3.05, 3.63) is 41.0 Å². The van der Waals surface area contributed by atoms with Gasteiger partial charge in [-0.2, -0.15) is 4.98 Å². The summed E-state index contributed by atoms with van der Waals surface area (Å²) in [4.78, 5) is 18.0. The van der Waals surface area contributed by atoms with Gasteiger partial charge in [-0.25, -0.2) is 0 Å². The zero-order chi connectivity index (χ0) is 13.4. The molecule has 1 aromatic heterocycles. The second kappa shape index (κ2) is 4.66. The first-order chi connectivity index (χ1) is 9.13. The summed E-state index contributed by atoms with van der Waals surface area (Å²) < 4.78 is 5.14. The van der Waals surface area contributed by atoms with Crippen LogP contribution in [0.25, 0.3) is 0 Å². The van der Waals surface area contributed by atoms with Crippen molar-refractivity contribution in [3.8, 4) is 0 Å². The Bertz CT molecular complexity index is 626. The van der Waals surface area contributed by atoms with E-state index < -0.39 is 0 Å². The number of carbonyl (C=O) groups excluding carboxylic acids is 1. The third-order valence-electron chi connectivity index (χ3n) is 3.14. The van der Waals surface area contributed by atoms with Crippen LogP contribution in [-0.2, 0) is 4.79 Å². The molecule has 1 amide bonds. The lowest BCUT2D eigenvalue weighted by Crippen LogP contribution is -2.24. The van der Waals surface area contributed by atoms with Crippen LogP contribution in [0.4, 0.5) is 5.69 Å². The van der Waals surface area contributed by atoms with Crippen LogP contribution in [0.5, 0.6) is 0 Å². The molecule has 0 bridgehead atoms. The van der Waals surface area contributed by atoms with Crippen LogP contribution in [0.15, 0.2) is 28.8 Å². The van der Waals surface area contributed by atoms with Gasteiger partial charge in [-0.15, -0.1) is 0 Å². The first-order valence-corrected chi connectivity index (χ1v) is 6.37. The molecule has 0 N–H and O–H groups in total. The summed E-state index contributed by atoms with van der Waals surface area (Å²) in [7, 11) is 0. The van der Waals surface area contributed by atoms with Crippen molar-refractivity contribution in [1.82, 2.24) is 10.1 Å². The molecule has 0 spiro atoms. The molecule has 1 aliphatic heterocycles. The predicted molar refractivity (Wildman–Crippen MR) is 70.2 cm³/mol. The third kappa shape index (κ3) is 2.33. The van der Waals surface area contributed by atoms with Crippen molar-refractivity contribution in [1.29, 1.82) is 0 Å². The molecule has 0 aliphatic carbocycles. The zero-order valence-electron chi connectivity index (χ0n) is 10.3. The highest BCUT2D eigenvalue weighted by atomic mass is 35.5. The van der Waals surface area contributed by atoms with Crippen LogP contribution in [-0.4, -0.2) is 22.6 Å². The Morgan fingerprint density at radius 2 is 2.32 bits per heavy atom. The minimum Gasteiger partial charge on any atom is -0.339 e. The van der Waals surface area contributed by atoms with Gasteiger partial charge < -0.3 is 9.42 Å². The zero-order valence-corrected chi connectivity index (χ0v) is 11.1. The second-order valence-corrected chi connectivity index (χ2v) is 5.00. The molecule has 19 heavy (non-hydrogen) atoms. The number of nitrogens with zero attached hydrogens (tertiary/aromatic N) is 3. The van der Waals surface area contributed by atoms with Gasteiger partial charge in [-0.3, -0.25) is 4.79 Å². The highest BCUT2D eigenvalue weighted by Gasteiger charge is 2.34. The topological polar surface area (TPSA) is 59.2 Å². The molecule has 0 saturated carbocycles. The maximum atomic E-state index is 12.1. The van der Waals surface area contributed by atoms with Gasteiger partial charge >= 0.3 is 0 Å². The monoisotopic (exact) mass is 277 g/mol. The molecule has 5 nitrogen and oxygen atoms in total. The summed E-state index contributed by atoms with van der Waals surface area (Å²) in [6.45, 7) is 2.30. The van der Waals surface area contributed by atoms with Crippen molar-refractivity contribution in [3.63, 3.8) is 0 Å². The summed E-state index contributed by atoms with van der Waals surface area (Å²) in [5.41, 5.74) is 0.802. The Morgan fingerprint density at radius 3 is 3.00 bits per heavy atom. The predicted octanol–water partition coefficient (Wildman–Crippen LogP) is 2.55. The Hall–Kier alpha value is -1.88. The van der Waals surface area contributed by atoms with E-state index in [4.69, 9.17) is 16.1 Å². The Balaban J connectivity index is 1.84. The number of hydrogen-bond acceptors (Lipinski definition) is 4. The highest BCUT2D eigenvalue weighted by Crippen LogP contribution is 2.31. The molecule has 1 saturated heterocycles. The standard InChI is InChI=1S/C13H12ClN3O2/c1-8-15-13(19-16-8)9-5-12(18)17(7-9)11-4-2-3-10(14)6-11/h2-4,6,9H,5,7H2,1H3/t9-/m0/s1. The van der Waals surface area contributed by atoms with E-state index in [0.717, 1.165) is 5.69 Å². The molecule has 1 fully saturated rings. The van der Waals surface area contributed by atoms with Crippen LogP contribution in [0.1, 0.15) is 24.1 Å². The fourth-order valence-electron chi connectivity index (χ4n) is 2.25. The van der Waals surface area contributed by atoms with Gasteiger partial charge in [-0.1, -0.05) is 22.8 Å². The summed E-state index contributed by atoms with van der Waals surface area (Å²) >= 11 is 5.95. The van der Waals surface area contributed by atoms with Crippen LogP contribution >= 0.6 is 11.6 Å². The molecule has 2 heterocycles. The fraction of sp³-hybridized carbons (Fsp3) is 0.308. The van der Waals surface area contributed by atoms with E-state index >= 15 is 0 Å². The minimum atomic E-state index is -0.0484. The first-order valence-electron chi connectivity index (χ1n) is 5.99. The molecule has 3 rings (SSSR count). The Morgan fingerprint density at radius 1 is 1.47 bits per heavy atom.